The van der Waals surface area contributed by atoms with Crippen molar-refractivity contribution < 1.29 is 24.2 Å². The molecule has 7 nitrogen and oxygen atoms in total. The van der Waals surface area contributed by atoms with Gasteiger partial charge in [0.25, 0.3) is 5.91 Å². The van der Waals surface area contributed by atoms with Crippen LogP contribution in [0.3, 0.4) is 0 Å². The predicted molar refractivity (Wildman–Crippen MR) is 128 cm³/mol. The smallest absolute Gasteiger partial charge is 0.337 e. The minimum atomic E-state index is -1.18. The van der Waals surface area contributed by atoms with Crippen LogP contribution in [-0.4, -0.2) is 36.4 Å². The first-order valence-electron chi connectivity index (χ1n) is 9.91. The highest BCUT2D eigenvalue weighted by atomic mass is 79.9. The third-order valence-electron chi connectivity index (χ3n) is 4.79. The molecule has 2 aromatic rings. The number of carbonyl (C=O) groups is 2. The first-order valence-corrected chi connectivity index (χ1v) is 11.1. The lowest BCUT2D eigenvalue weighted by Crippen LogP contribution is -2.21. The molecule has 1 aliphatic rings. The van der Waals surface area contributed by atoms with Crippen molar-refractivity contribution in [2.45, 2.75) is 26.7 Å². The van der Waals surface area contributed by atoms with Gasteiger partial charge in [-0.05, 0) is 71.2 Å². The highest BCUT2D eigenvalue weighted by molar-refractivity contribution is 9.10. The number of carbonyl (C=O) groups excluding carboxylic acids is 1. The number of unbranched alkanes of at least 4 members (excludes halogenated alkanes) is 1. The molecule has 0 aliphatic carbocycles. The lowest BCUT2D eigenvalue weighted by molar-refractivity contribution is -0.114. The number of hydrazone groups is 1. The Balaban J connectivity index is 1.93. The van der Waals surface area contributed by atoms with E-state index < -0.39 is 5.97 Å². The van der Waals surface area contributed by atoms with Gasteiger partial charge in [-0.3, -0.25) is 4.79 Å². The van der Waals surface area contributed by atoms with E-state index in [0.29, 0.717) is 39.6 Å². The lowest BCUT2D eigenvalue weighted by Gasteiger charge is -2.14. The monoisotopic (exact) mass is 520 g/mol. The van der Waals surface area contributed by atoms with Gasteiger partial charge in [0.15, 0.2) is 11.5 Å². The molecule has 1 aliphatic heterocycles. The number of anilines is 1. The molecule has 1 heterocycles. The Morgan fingerprint density at radius 3 is 2.72 bits per heavy atom. The van der Waals surface area contributed by atoms with Crippen LogP contribution in [0.4, 0.5) is 5.69 Å². The SMILES string of the molecule is CCCCOc1c(Br)cc(/C=C2\C(=O)N(c3ccc(Cl)c(C(=O)O)c3)N=C2C)cc1OC. The summed E-state index contributed by atoms with van der Waals surface area (Å²) in [6, 6.07) is 7.93. The summed E-state index contributed by atoms with van der Waals surface area (Å²) in [5, 5.41) is 14.9. The average molecular weight is 522 g/mol. The van der Waals surface area contributed by atoms with Gasteiger partial charge >= 0.3 is 5.97 Å². The molecule has 3 rings (SSSR count). The van der Waals surface area contributed by atoms with Crippen LogP contribution in [0, 0.1) is 0 Å². The second kappa shape index (κ2) is 10.2. The molecule has 0 fully saturated rings. The highest BCUT2D eigenvalue weighted by Crippen LogP contribution is 2.38. The Hall–Kier alpha value is -2.84. The molecule has 0 bridgehead atoms. The van der Waals surface area contributed by atoms with Gasteiger partial charge in [0, 0.05) is 0 Å². The van der Waals surface area contributed by atoms with Gasteiger partial charge in [0.2, 0.25) is 0 Å². The number of hydrogen-bond acceptors (Lipinski definition) is 5. The van der Waals surface area contributed by atoms with Gasteiger partial charge in [-0.1, -0.05) is 24.9 Å². The van der Waals surface area contributed by atoms with Gasteiger partial charge in [0.05, 0.1) is 45.7 Å². The number of hydrogen-bond donors (Lipinski definition) is 1. The molecule has 1 amide bonds. The van der Waals surface area contributed by atoms with Gasteiger partial charge in [-0.25, -0.2) is 4.79 Å². The minimum absolute atomic E-state index is 0.0857. The van der Waals surface area contributed by atoms with E-state index in [1.807, 2.05) is 6.07 Å². The molecule has 0 spiro atoms. The number of aromatic carboxylic acids is 1. The van der Waals surface area contributed by atoms with E-state index in [0.717, 1.165) is 18.4 Å². The van der Waals surface area contributed by atoms with Crippen molar-refractivity contribution in [3.8, 4) is 11.5 Å². The van der Waals surface area contributed by atoms with E-state index in [2.05, 4.69) is 28.0 Å². The molecular weight excluding hydrogens is 500 g/mol. The molecule has 2 aromatic carbocycles. The third kappa shape index (κ3) is 4.97. The zero-order valence-electron chi connectivity index (χ0n) is 17.8. The van der Waals surface area contributed by atoms with Crippen LogP contribution < -0.4 is 14.5 Å². The summed E-state index contributed by atoms with van der Waals surface area (Å²) in [4.78, 5) is 24.4. The van der Waals surface area contributed by atoms with Crippen LogP contribution in [0.2, 0.25) is 5.02 Å². The predicted octanol–water partition coefficient (Wildman–Crippen LogP) is 5.79. The van der Waals surface area contributed by atoms with Crippen molar-refractivity contribution in [1.29, 1.82) is 0 Å². The van der Waals surface area contributed by atoms with Crippen molar-refractivity contribution in [2.75, 3.05) is 18.7 Å². The van der Waals surface area contributed by atoms with Gasteiger partial charge in [-0.2, -0.15) is 10.1 Å². The van der Waals surface area contributed by atoms with Gasteiger partial charge in [0.1, 0.15) is 0 Å². The van der Waals surface area contributed by atoms with Crippen molar-refractivity contribution in [3.63, 3.8) is 0 Å². The normalized spacial score (nSPS) is 14.7. The van der Waals surface area contributed by atoms with Crippen LogP contribution in [0.5, 0.6) is 11.5 Å². The summed E-state index contributed by atoms with van der Waals surface area (Å²) in [6.07, 6.45) is 3.65. The highest BCUT2D eigenvalue weighted by Gasteiger charge is 2.29. The fraction of sp³-hybridized carbons (Fsp3) is 0.261. The largest absolute Gasteiger partial charge is 0.493 e. The summed E-state index contributed by atoms with van der Waals surface area (Å²) < 4.78 is 12.0. The summed E-state index contributed by atoms with van der Waals surface area (Å²) in [7, 11) is 1.56. The van der Waals surface area contributed by atoms with Crippen molar-refractivity contribution in [3.05, 3.63) is 56.5 Å². The van der Waals surface area contributed by atoms with E-state index in [9.17, 15) is 14.7 Å². The minimum Gasteiger partial charge on any atom is -0.493 e. The van der Waals surface area contributed by atoms with Gasteiger partial charge in [-0.15, -0.1) is 0 Å². The summed E-state index contributed by atoms with van der Waals surface area (Å²) in [5.41, 5.74) is 1.82. The van der Waals surface area contributed by atoms with E-state index in [1.54, 1.807) is 32.2 Å². The molecule has 0 aromatic heterocycles. The molecule has 0 saturated carbocycles. The molecule has 168 valence electrons. The number of ether oxygens (including phenoxy) is 2. The molecule has 9 heteroatoms. The van der Waals surface area contributed by atoms with Crippen LogP contribution in [0.15, 0.2) is 45.5 Å². The molecule has 1 N–H and O–H groups in total. The van der Waals surface area contributed by atoms with Crippen LogP contribution in [-0.2, 0) is 4.79 Å². The number of carboxylic acid groups (broad SMARTS) is 1. The number of amides is 1. The first-order chi connectivity index (χ1) is 15.3. The molecule has 32 heavy (non-hydrogen) atoms. The fourth-order valence-corrected chi connectivity index (χ4v) is 3.89. The Bertz CT molecular complexity index is 1130. The Morgan fingerprint density at radius 1 is 1.31 bits per heavy atom. The van der Waals surface area contributed by atoms with E-state index in [1.165, 1.54) is 17.1 Å². The van der Waals surface area contributed by atoms with Crippen LogP contribution in [0.25, 0.3) is 6.08 Å². The topological polar surface area (TPSA) is 88.4 Å². The van der Waals surface area contributed by atoms with Crippen LogP contribution >= 0.6 is 27.5 Å². The standard InChI is InChI=1S/C23H22BrClN2O5/c1-4-5-8-32-21-18(24)10-14(11-20(21)31-3)9-16-13(2)26-27(22(16)28)15-6-7-19(25)17(12-15)23(29)30/h6-7,9-12H,4-5,8H2,1-3H3,(H,29,30)/b16-9-. The van der Waals surface area contributed by atoms with E-state index >= 15 is 0 Å². The zero-order valence-corrected chi connectivity index (χ0v) is 20.2. The maximum absolute atomic E-state index is 13.1. The average Bonchev–Trinajstić information content (AvgIpc) is 3.03. The third-order valence-corrected chi connectivity index (χ3v) is 5.71. The molecule has 0 radical (unpaired) electrons. The van der Waals surface area contributed by atoms with Crippen molar-refractivity contribution in [1.82, 2.24) is 0 Å². The number of nitrogens with zero attached hydrogens (tertiary/aromatic N) is 2. The van der Waals surface area contributed by atoms with E-state index in [4.69, 9.17) is 21.1 Å². The van der Waals surface area contributed by atoms with Gasteiger partial charge < -0.3 is 14.6 Å². The second-order valence-corrected chi connectivity index (χ2v) is 8.33. The molecule has 0 unspecified atom stereocenters. The fourth-order valence-electron chi connectivity index (χ4n) is 3.12. The number of rotatable bonds is 8. The summed E-state index contributed by atoms with van der Waals surface area (Å²) in [5.74, 6) is -0.407. The number of halogens is 2. The molecule has 0 saturated heterocycles. The zero-order chi connectivity index (χ0) is 23.4. The van der Waals surface area contributed by atoms with E-state index in [-0.39, 0.29) is 16.5 Å². The summed E-state index contributed by atoms with van der Waals surface area (Å²) in [6.45, 7) is 4.38. The Labute approximate surface area is 199 Å². The molecular formula is C23H22BrClN2O5. The lowest BCUT2D eigenvalue weighted by atomic mass is 10.1. The first kappa shape index (κ1) is 23.8. The number of carboxylic acids is 1. The van der Waals surface area contributed by atoms with Crippen molar-refractivity contribution >= 4 is 56.9 Å². The quantitative estimate of drug-likeness (QED) is 0.351. The number of methoxy groups -OCH3 is 1. The van der Waals surface area contributed by atoms with Crippen LogP contribution in [0.1, 0.15) is 42.6 Å². The Kier molecular flexibility index (Phi) is 7.58. The molecule has 0 atom stereocenters. The maximum Gasteiger partial charge on any atom is 0.337 e. The second-order valence-electron chi connectivity index (χ2n) is 7.07. The van der Waals surface area contributed by atoms with Crippen molar-refractivity contribution in [2.24, 2.45) is 5.10 Å². The summed E-state index contributed by atoms with van der Waals surface area (Å²) >= 11 is 9.46. The Morgan fingerprint density at radius 2 is 2.06 bits per heavy atom. The maximum atomic E-state index is 13.1. The number of benzene rings is 2.